The van der Waals surface area contributed by atoms with Gasteiger partial charge in [0.05, 0.1) is 5.52 Å². The van der Waals surface area contributed by atoms with E-state index < -0.39 is 0 Å². The highest BCUT2D eigenvalue weighted by atomic mass is 35.5. The van der Waals surface area contributed by atoms with Crippen LogP contribution in [0.4, 0.5) is 11.4 Å². The number of para-hydroxylation sites is 1. The third-order valence-electron chi connectivity index (χ3n) is 3.97. The molecule has 0 fully saturated rings. The zero-order chi connectivity index (χ0) is 15.8. The minimum absolute atomic E-state index is 0.710. The Hall–Kier alpha value is -2.78. The first-order valence-corrected chi connectivity index (χ1v) is 7.70. The van der Waals surface area contributed by atoms with Crippen LogP contribution in [0.15, 0.2) is 60.7 Å². The lowest BCUT2D eigenvalue weighted by Gasteiger charge is -2.10. The fourth-order valence-electron chi connectivity index (χ4n) is 2.90. The Bertz CT molecular complexity index is 1020. The number of nitrogens with one attached hydrogen (secondary N) is 3. The van der Waals surface area contributed by atoms with E-state index in [1.165, 1.54) is 6.21 Å². The molecule has 0 spiro atoms. The predicted octanol–water partition coefficient (Wildman–Crippen LogP) is 5.72. The van der Waals surface area contributed by atoms with Crippen LogP contribution in [-0.4, -0.2) is 11.2 Å². The van der Waals surface area contributed by atoms with Crippen molar-refractivity contribution < 1.29 is 0 Å². The average molecular weight is 320 g/mol. The van der Waals surface area contributed by atoms with Crippen molar-refractivity contribution in [3.63, 3.8) is 0 Å². The summed E-state index contributed by atoms with van der Waals surface area (Å²) in [5.74, 6) is 0. The molecule has 112 valence electrons. The Labute approximate surface area is 138 Å². The molecule has 0 saturated carbocycles. The molecule has 0 atom stereocenters. The van der Waals surface area contributed by atoms with Gasteiger partial charge in [0.2, 0.25) is 0 Å². The van der Waals surface area contributed by atoms with E-state index in [9.17, 15) is 0 Å². The second kappa shape index (κ2) is 5.45. The minimum atomic E-state index is 0.710. The van der Waals surface area contributed by atoms with Crippen LogP contribution in [-0.2, 0) is 0 Å². The summed E-state index contributed by atoms with van der Waals surface area (Å²) in [6.45, 7) is 0. The van der Waals surface area contributed by atoms with Crippen molar-refractivity contribution in [1.82, 2.24) is 4.98 Å². The first-order chi connectivity index (χ1) is 11.3. The van der Waals surface area contributed by atoms with E-state index in [4.69, 9.17) is 17.0 Å². The van der Waals surface area contributed by atoms with E-state index in [1.807, 2.05) is 54.6 Å². The van der Waals surface area contributed by atoms with Gasteiger partial charge in [-0.3, -0.25) is 0 Å². The zero-order valence-corrected chi connectivity index (χ0v) is 13.0. The second-order valence-corrected chi connectivity index (χ2v) is 5.84. The number of anilines is 2. The zero-order valence-electron chi connectivity index (χ0n) is 12.2. The molecule has 0 aliphatic rings. The van der Waals surface area contributed by atoms with Crippen molar-refractivity contribution in [2.24, 2.45) is 0 Å². The molecule has 3 nitrogen and oxygen atoms in total. The summed E-state index contributed by atoms with van der Waals surface area (Å²) in [4.78, 5) is 3.40. The number of hydrogen-bond acceptors (Lipinski definition) is 2. The van der Waals surface area contributed by atoms with Gasteiger partial charge in [0, 0.05) is 44.5 Å². The van der Waals surface area contributed by atoms with Gasteiger partial charge < -0.3 is 15.7 Å². The van der Waals surface area contributed by atoms with Crippen LogP contribution in [0, 0.1) is 5.41 Å². The van der Waals surface area contributed by atoms with Gasteiger partial charge in [-0.05, 0) is 36.4 Å². The number of H-pyrrole nitrogens is 1. The van der Waals surface area contributed by atoms with E-state index in [1.54, 1.807) is 0 Å². The summed E-state index contributed by atoms with van der Waals surface area (Å²) in [5.41, 5.74) is 4.69. The van der Waals surface area contributed by atoms with Crippen LogP contribution >= 0.6 is 11.6 Å². The molecule has 4 aromatic rings. The molecule has 4 rings (SSSR count). The normalized spacial score (nSPS) is 11.0. The van der Waals surface area contributed by atoms with Crippen molar-refractivity contribution in [2.75, 3.05) is 5.32 Å². The molecule has 0 saturated heterocycles. The highest BCUT2D eigenvalue weighted by molar-refractivity contribution is 6.32. The summed E-state index contributed by atoms with van der Waals surface area (Å²) in [6, 6.07) is 19.8. The number of aromatic amines is 1. The van der Waals surface area contributed by atoms with E-state index in [0.717, 1.165) is 38.7 Å². The van der Waals surface area contributed by atoms with Crippen molar-refractivity contribution >= 4 is 51.0 Å². The third-order valence-corrected chi connectivity index (χ3v) is 4.21. The lowest BCUT2D eigenvalue weighted by atomic mass is 10.1. The van der Waals surface area contributed by atoms with Gasteiger partial charge >= 0.3 is 0 Å². The van der Waals surface area contributed by atoms with E-state index in [-0.39, 0.29) is 0 Å². The van der Waals surface area contributed by atoms with E-state index >= 15 is 0 Å². The molecule has 0 radical (unpaired) electrons. The van der Waals surface area contributed by atoms with E-state index in [2.05, 4.69) is 16.4 Å². The molecule has 0 aliphatic carbocycles. The van der Waals surface area contributed by atoms with Gasteiger partial charge in [-0.25, -0.2) is 0 Å². The van der Waals surface area contributed by atoms with Crippen LogP contribution in [0.25, 0.3) is 21.8 Å². The number of benzene rings is 3. The maximum absolute atomic E-state index is 7.84. The van der Waals surface area contributed by atoms with Gasteiger partial charge in [-0.1, -0.05) is 35.9 Å². The summed E-state index contributed by atoms with van der Waals surface area (Å²) >= 11 is 6.12. The van der Waals surface area contributed by atoms with Crippen LogP contribution in [0.3, 0.4) is 0 Å². The predicted molar refractivity (Wildman–Crippen MR) is 98.4 cm³/mol. The maximum Gasteiger partial charge on any atom is 0.0574 e. The second-order valence-electron chi connectivity index (χ2n) is 5.40. The number of halogens is 1. The molecular formula is C19H14ClN3. The number of rotatable bonds is 3. The van der Waals surface area contributed by atoms with Crippen LogP contribution in [0.5, 0.6) is 0 Å². The van der Waals surface area contributed by atoms with Gasteiger partial charge in [0.25, 0.3) is 0 Å². The van der Waals surface area contributed by atoms with Gasteiger partial charge in [-0.2, -0.15) is 0 Å². The Kier molecular flexibility index (Phi) is 3.28. The molecule has 0 bridgehead atoms. The number of aromatic nitrogens is 1. The number of hydrogen-bond donors (Lipinski definition) is 3. The molecule has 1 aromatic heterocycles. The van der Waals surface area contributed by atoms with Crippen molar-refractivity contribution in [2.45, 2.75) is 0 Å². The molecule has 23 heavy (non-hydrogen) atoms. The van der Waals surface area contributed by atoms with Crippen LogP contribution in [0.2, 0.25) is 5.02 Å². The standard InChI is InChI=1S/C19H14ClN3/c20-12-6-8-17-15(10-12)14-7-9-18(16(11-21)19(14)23-17)22-13-4-2-1-3-5-13/h1-11,21-23H. The van der Waals surface area contributed by atoms with Crippen molar-refractivity contribution in [1.29, 1.82) is 5.41 Å². The number of fused-ring (bicyclic) bond motifs is 3. The Morgan fingerprint density at radius 3 is 2.57 bits per heavy atom. The van der Waals surface area contributed by atoms with Gasteiger partial charge in [-0.15, -0.1) is 0 Å². The van der Waals surface area contributed by atoms with Gasteiger partial charge in [0.15, 0.2) is 0 Å². The monoisotopic (exact) mass is 319 g/mol. The van der Waals surface area contributed by atoms with Gasteiger partial charge in [0.1, 0.15) is 0 Å². The highest BCUT2D eigenvalue weighted by Gasteiger charge is 2.11. The van der Waals surface area contributed by atoms with Crippen LogP contribution in [0.1, 0.15) is 5.56 Å². The third kappa shape index (κ3) is 2.35. The van der Waals surface area contributed by atoms with Crippen molar-refractivity contribution in [3.8, 4) is 0 Å². The summed E-state index contributed by atoms with van der Waals surface area (Å²) in [5, 5.41) is 14.1. The topological polar surface area (TPSA) is 51.7 Å². The summed E-state index contributed by atoms with van der Waals surface area (Å²) in [6.07, 6.45) is 1.38. The first-order valence-electron chi connectivity index (χ1n) is 7.33. The van der Waals surface area contributed by atoms with Crippen molar-refractivity contribution in [3.05, 3.63) is 71.2 Å². The molecule has 1 heterocycles. The maximum atomic E-state index is 7.84. The summed E-state index contributed by atoms with van der Waals surface area (Å²) in [7, 11) is 0. The summed E-state index contributed by atoms with van der Waals surface area (Å²) < 4.78 is 0. The average Bonchev–Trinajstić information content (AvgIpc) is 2.93. The smallest absolute Gasteiger partial charge is 0.0574 e. The fourth-order valence-corrected chi connectivity index (χ4v) is 3.07. The molecule has 4 heteroatoms. The largest absolute Gasteiger partial charge is 0.355 e. The Balaban J connectivity index is 1.93. The first kappa shape index (κ1) is 13.9. The lowest BCUT2D eigenvalue weighted by molar-refractivity contribution is 1.49. The molecule has 0 amide bonds. The molecule has 0 aliphatic heterocycles. The minimum Gasteiger partial charge on any atom is -0.355 e. The Morgan fingerprint density at radius 2 is 1.78 bits per heavy atom. The lowest BCUT2D eigenvalue weighted by Crippen LogP contribution is -1.96. The van der Waals surface area contributed by atoms with Crippen LogP contribution < -0.4 is 5.32 Å². The molecular weight excluding hydrogens is 306 g/mol. The fraction of sp³-hybridized carbons (Fsp3) is 0. The SMILES string of the molecule is N=Cc1c(Nc2ccccc2)ccc2c1[nH]c1ccc(Cl)cc12. The quantitative estimate of drug-likeness (QED) is 0.416. The molecule has 0 unspecified atom stereocenters. The highest BCUT2D eigenvalue weighted by Crippen LogP contribution is 2.33. The Morgan fingerprint density at radius 1 is 0.957 bits per heavy atom. The molecule has 3 aromatic carbocycles. The van der Waals surface area contributed by atoms with E-state index in [0.29, 0.717) is 5.02 Å². The molecule has 3 N–H and O–H groups in total.